The molecule has 0 spiro atoms. The van der Waals surface area contributed by atoms with E-state index in [0.29, 0.717) is 6.42 Å². The molecule has 0 saturated carbocycles. The van der Waals surface area contributed by atoms with E-state index in [-0.39, 0.29) is 11.9 Å². The van der Waals surface area contributed by atoms with Crippen molar-refractivity contribution in [2.24, 2.45) is 5.10 Å². The van der Waals surface area contributed by atoms with E-state index in [9.17, 15) is 4.79 Å². The fourth-order valence-corrected chi connectivity index (χ4v) is 4.18. The molecule has 152 valence electrons. The number of carbonyl (C=O) groups is 1. The second kappa shape index (κ2) is 9.23. The van der Waals surface area contributed by atoms with Crippen molar-refractivity contribution in [1.82, 2.24) is 9.91 Å². The highest BCUT2D eigenvalue weighted by Gasteiger charge is 2.33. The molecule has 2 aliphatic rings. The summed E-state index contributed by atoms with van der Waals surface area (Å²) in [6.07, 6.45) is 5.03. The van der Waals surface area contributed by atoms with E-state index in [0.717, 1.165) is 48.6 Å². The number of ether oxygens (including phenoxy) is 1. The standard InChI is InChI=1S/C24H29N3O2/c1-29-21-12-10-19(11-13-21)22-18-23(20-8-4-2-5-9-20)27(25-22)24(28)14-17-26-15-6-3-7-16-26/h2,4-5,8-13,23H,3,6-7,14-18H2,1H3/t23-/m0/s1. The average molecular weight is 392 g/mol. The Morgan fingerprint density at radius 2 is 1.76 bits per heavy atom. The van der Waals surface area contributed by atoms with Gasteiger partial charge in [-0.3, -0.25) is 4.79 Å². The Kier molecular flexibility index (Phi) is 6.25. The lowest BCUT2D eigenvalue weighted by atomic mass is 9.98. The van der Waals surface area contributed by atoms with Crippen LogP contribution in [0.5, 0.6) is 5.75 Å². The number of hydrogen-bond acceptors (Lipinski definition) is 4. The summed E-state index contributed by atoms with van der Waals surface area (Å²) < 4.78 is 5.26. The summed E-state index contributed by atoms with van der Waals surface area (Å²) in [5.74, 6) is 0.925. The zero-order valence-corrected chi connectivity index (χ0v) is 17.1. The smallest absolute Gasteiger partial charge is 0.244 e. The van der Waals surface area contributed by atoms with E-state index in [2.05, 4.69) is 17.0 Å². The minimum absolute atomic E-state index is 0.0397. The number of nitrogens with zero attached hydrogens (tertiary/aromatic N) is 3. The predicted molar refractivity (Wildman–Crippen MR) is 115 cm³/mol. The first kappa shape index (κ1) is 19.6. The van der Waals surface area contributed by atoms with Crippen molar-refractivity contribution in [3.05, 3.63) is 65.7 Å². The van der Waals surface area contributed by atoms with Crippen LogP contribution in [0.2, 0.25) is 0 Å². The van der Waals surface area contributed by atoms with Gasteiger partial charge in [0.25, 0.3) is 0 Å². The van der Waals surface area contributed by atoms with Gasteiger partial charge in [-0.15, -0.1) is 0 Å². The van der Waals surface area contributed by atoms with Crippen LogP contribution in [0.1, 0.15) is 49.3 Å². The van der Waals surface area contributed by atoms with Crippen molar-refractivity contribution in [3.63, 3.8) is 0 Å². The third-order valence-electron chi connectivity index (χ3n) is 5.86. The lowest BCUT2D eigenvalue weighted by Crippen LogP contribution is -2.35. The molecule has 1 amide bonds. The molecule has 5 nitrogen and oxygen atoms in total. The molecular weight excluding hydrogens is 362 g/mol. The van der Waals surface area contributed by atoms with Crippen LogP contribution in [0.3, 0.4) is 0 Å². The zero-order chi connectivity index (χ0) is 20.1. The first-order valence-corrected chi connectivity index (χ1v) is 10.6. The van der Waals surface area contributed by atoms with Crippen LogP contribution in [-0.4, -0.2) is 48.3 Å². The first-order valence-electron chi connectivity index (χ1n) is 10.6. The Balaban J connectivity index is 1.52. The third kappa shape index (κ3) is 4.67. The van der Waals surface area contributed by atoms with Crippen LogP contribution in [0.15, 0.2) is 59.7 Å². The molecule has 0 aromatic heterocycles. The molecule has 2 aromatic rings. The fourth-order valence-electron chi connectivity index (χ4n) is 4.18. The van der Waals surface area contributed by atoms with E-state index < -0.39 is 0 Å². The summed E-state index contributed by atoms with van der Waals surface area (Å²) in [5, 5.41) is 6.50. The Labute approximate surface area is 173 Å². The third-order valence-corrected chi connectivity index (χ3v) is 5.86. The van der Waals surface area contributed by atoms with Gasteiger partial charge in [0.05, 0.1) is 18.9 Å². The maximum absolute atomic E-state index is 13.1. The normalized spacial score (nSPS) is 19.8. The van der Waals surface area contributed by atoms with E-state index in [1.54, 1.807) is 12.1 Å². The summed E-state index contributed by atoms with van der Waals surface area (Å²) in [6, 6.07) is 18.1. The van der Waals surface area contributed by atoms with E-state index in [1.807, 2.05) is 42.5 Å². The van der Waals surface area contributed by atoms with Crippen LogP contribution in [0, 0.1) is 0 Å². The zero-order valence-electron chi connectivity index (χ0n) is 17.1. The van der Waals surface area contributed by atoms with Gasteiger partial charge in [-0.25, -0.2) is 5.01 Å². The molecule has 0 N–H and O–H groups in total. The van der Waals surface area contributed by atoms with Gasteiger partial charge in [0.15, 0.2) is 0 Å². The van der Waals surface area contributed by atoms with Crippen molar-refractivity contribution >= 4 is 11.6 Å². The highest BCUT2D eigenvalue weighted by atomic mass is 16.5. The number of likely N-dealkylation sites (tertiary alicyclic amines) is 1. The maximum atomic E-state index is 13.1. The number of rotatable bonds is 6. The lowest BCUT2D eigenvalue weighted by Gasteiger charge is -2.27. The molecule has 0 aliphatic carbocycles. The molecule has 4 rings (SSSR count). The molecule has 0 unspecified atom stereocenters. The largest absolute Gasteiger partial charge is 0.497 e. The molecule has 2 aromatic carbocycles. The van der Waals surface area contributed by atoms with Gasteiger partial charge in [0.1, 0.15) is 5.75 Å². The second-order valence-corrected chi connectivity index (χ2v) is 7.80. The number of piperidine rings is 1. The van der Waals surface area contributed by atoms with Crippen molar-refractivity contribution in [1.29, 1.82) is 0 Å². The second-order valence-electron chi connectivity index (χ2n) is 7.80. The molecule has 0 radical (unpaired) electrons. The van der Waals surface area contributed by atoms with E-state index >= 15 is 0 Å². The van der Waals surface area contributed by atoms with Gasteiger partial charge in [-0.05, 0) is 61.3 Å². The topological polar surface area (TPSA) is 45.1 Å². The summed E-state index contributed by atoms with van der Waals surface area (Å²) >= 11 is 0. The Hall–Kier alpha value is -2.66. The van der Waals surface area contributed by atoms with Gasteiger partial charge in [-0.2, -0.15) is 5.10 Å². The SMILES string of the molecule is COc1ccc(C2=NN(C(=O)CCN3CCCCC3)[C@H](c3ccccc3)C2)cc1. The van der Waals surface area contributed by atoms with Crippen molar-refractivity contribution < 1.29 is 9.53 Å². The number of hydrogen-bond donors (Lipinski definition) is 0. The minimum atomic E-state index is -0.0397. The van der Waals surface area contributed by atoms with E-state index in [1.165, 1.54) is 19.3 Å². The van der Waals surface area contributed by atoms with Gasteiger partial charge >= 0.3 is 0 Å². The lowest BCUT2D eigenvalue weighted by molar-refractivity contribution is -0.133. The number of hydrazone groups is 1. The van der Waals surface area contributed by atoms with Gasteiger partial charge in [0, 0.05) is 19.4 Å². The van der Waals surface area contributed by atoms with Crippen LogP contribution < -0.4 is 4.74 Å². The molecule has 29 heavy (non-hydrogen) atoms. The molecule has 2 heterocycles. The molecular formula is C24H29N3O2. The molecule has 1 atom stereocenters. The first-order chi connectivity index (χ1) is 14.2. The molecule has 1 fully saturated rings. The average Bonchev–Trinajstić information content (AvgIpc) is 3.24. The Bertz CT molecular complexity index is 842. The Morgan fingerprint density at radius 3 is 2.45 bits per heavy atom. The summed E-state index contributed by atoms with van der Waals surface area (Å²) in [5.41, 5.74) is 3.12. The highest BCUT2D eigenvalue weighted by molar-refractivity contribution is 6.03. The van der Waals surface area contributed by atoms with Gasteiger partial charge in [-0.1, -0.05) is 36.8 Å². The van der Waals surface area contributed by atoms with Crippen LogP contribution >= 0.6 is 0 Å². The van der Waals surface area contributed by atoms with Crippen LogP contribution in [0.4, 0.5) is 0 Å². The maximum Gasteiger partial charge on any atom is 0.244 e. The van der Waals surface area contributed by atoms with Gasteiger partial charge < -0.3 is 9.64 Å². The number of benzene rings is 2. The van der Waals surface area contributed by atoms with Gasteiger partial charge in [0.2, 0.25) is 5.91 Å². The molecule has 0 bridgehead atoms. The highest BCUT2D eigenvalue weighted by Crippen LogP contribution is 2.33. The molecule has 5 heteroatoms. The summed E-state index contributed by atoms with van der Waals surface area (Å²) in [6.45, 7) is 3.04. The molecule has 2 aliphatic heterocycles. The van der Waals surface area contributed by atoms with Crippen molar-refractivity contribution in [3.8, 4) is 5.75 Å². The van der Waals surface area contributed by atoms with Crippen molar-refractivity contribution in [2.75, 3.05) is 26.7 Å². The van der Waals surface area contributed by atoms with Crippen LogP contribution in [0.25, 0.3) is 0 Å². The molecule has 1 saturated heterocycles. The Morgan fingerprint density at radius 1 is 1.03 bits per heavy atom. The summed E-state index contributed by atoms with van der Waals surface area (Å²) in [7, 11) is 1.66. The minimum Gasteiger partial charge on any atom is -0.497 e. The summed E-state index contributed by atoms with van der Waals surface area (Å²) in [4.78, 5) is 15.5. The number of amides is 1. The monoisotopic (exact) mass is 391 g/mol. The fraction of sp³-hybridized carbons (Fsp3) is 0.417. The number of carbonyl (C=O) groups excluding carboxylic acids is 1. The predicted octanol–water partition coefficient (Wildman–Crippen LogP) is 4.25. The number of methoxy groups -OCH3 is 1. The van der Waals surface area contributed by atoms with Crippen molar-refractivity contribution in [2.45, 2.75) is 38.1 Å². The van der Waals surface area contributed by atoms with Crippen LogP contribution in [-0.2, 0) is 4.79 Å². The quantitative estimate of drug-likeness (QED) is 0.740. The van der Waals surface area contributed by atoms with E-state index in [4.69, 9.17) is 9.84 Å².